The molecule has 0 radical (unpaired) electrons. The van der Waals surface area contributed by atoms with Gasteiger partial charge in [-0.25, -0.2) is 0 Å². The second-order valence-electron chi connectivity index (χ2n) is 5.43. The Bertz CT molecular complexity index is 842. The van der Waals surface area contributed by atoms with Gasteiger partial charge in [-0.1, -0.05) is 28.9 Å². The Morgan fingerprint density at radius 3 is 2.56 bits per heavy atom. The van der Waals surface area contributed by atoms with Gasteiger partial charge in [0.1, 0.15) is 11.3 Å². The van der Waals surface area contributed by atoms with Gasteiger partial charge in [0, 0.05) is 17.1 Å². The number of hydrogen-bond donors (Lipinski definition) is 1. The summed E-state index contributed by atoms with van der Waals surface area (Å²) in [5.74, 6) is 0.949. The van der Waals surface area contributed by atoms with Crippen LogP contribution in [0.3, 0.4) is 0 Å². The third-order valence-electron chi connectivity index (χ3n) is 3.78. The van der Waals surface area contributed by atoms with E-state index in [9.17, 15) is 4.79 Å². The Balaban J connectivity index is 1.64. The molecule has 128 valence electrons. The highest BCUT2D eigenvalue weighted by Gasteiger charge is 2.17. The summed E-state index contributed by atoms with van der Waals surface area (Å²) in [6.45, 7) is 0.508. The van der Waals surface area contributed by atoms with Crippen molar-refractivity contribution in [3.8, 4) is 17.1 Å². The normalized spacial score (nSPS) is 10.5. The van der Waals surface area contributed by atoms with Gasteiger partial charge < -0.3 is 14.6 Å². The number of carbonyl (C=O) groups excluding carboxylic acids is 1. The molecule has 3 rings (SSSR count). The summed E-state index contributed by atoms with van der Waals surface area (Å²) in [7, 11) is 1.60. The van der Waals surface area contributed by atoms with Crippen LogP contribution in [0.15, 0.2) is 59.3 Å². The number of carbonyl (C=O) groups is 1. The van der Waals surface area contributed by atoms with Crippen LogP contribution in [0.1, 0.15) is 15.9 Å². The average Bonchev–Trinajstić information content (AvgIpc) is 3.13. The molecule has 1 heterocycles. The molecule has 1 N–H and O–H groups in total. The minimum atomic E-state index is -0.221. The van der Waals surface area contributed by atoms with Crippen molar-refractivity contribution in [2.45, 2.75) is 6.42 Å². The summed E-state index contributed by atoms with van der Waals surface area (Å²) < 4.78 is 10.4. The molecule has 2 aromatic carbocycles. The van der Waals surface area contributed by atoms with Crippen molar-refractivity contribution in [2.24, 2.45) is 0 Å². The predicted octanol–water partition coefficient (Wildman–Crippen LogP) is 3.98. The van der Waals surface area contributed by atoms with Gasteiger partial charge in [-0.3, -0.25) is 4.79 Å². The minimum Gasteiger partial charge on any atom is -0.497 e. The van der Waals surface area contributed by atoms with E-state index in [-0.39, 0.29) is 5.91 Å². The van der Waals surface area contributed by atoms with Gasteiger partial charge in [0.05, 0.1) is 13.3 Å². The summed E-state index contributed by atoms with van der Waals surface area (Å²) in [5.41, 5.74) is 2.27. The summed E-state index contributed by atoms with van der Waals surface area (Å²) in [5, 5.41) is 7.34. The van der Waals surface area contributed by atoms with E-state index in [1.807, 2.05) is 36.4 Å². The number of rotatable bonds is 6. The van der Waals surface area contributed by atoms with Gasteiger partial charge in [0.2, 0.25) is 0 Å². The third-order valence-corrected chi connectivity index (χ3v) is 4.03. The second-order valence-corrected chi connectivity index (χ2v) is 5.87. The van der Waals surface area contributed by atoms with Crippen LogP contribution in [-0.4, -0.2) is 24.7 Å². The Morgan fingerprint density at radius 2 is 1.88 bits per heavy atom. The number of nitrogens with zero attached hydrogens (tertiary/aromatic N) is 1. The van der Waals surface area contributed by atoms with Crippen LogP contribution in [0.4, 0.5) is 0 Å². The van der Waals surface area contributed by atoms with Crippen LogP contribution >= 0.6 is 11.6 Å². The highest BCUT2D eigenvalue weighted by Crippen LogP contribution is 2.25. The van der Waals surface area contributed by atoms with E-state index in [0.717, 1.165) is 16.9 Å². The summed E-state index contributed by atoms with van der Waals surface area (Å²) in [6, 6.07) is 14.8. The number of benzene rings is 2. The third kappa shape index (κ3) is 4.19. The lowest BCUT2D eigenvalue weighted by atomic mass is 10.1. The van der Waals surface area contributed by atoms with E-state index in [1.54, 1.807) is 19.2 Å². The molecule has 1 amide bonds. The molecule has 0 aliphatic carbocycles. The monoisotopic (exact) mass is 356 g/mol. The minimum absolute atomic E-state index is 0.221. The lowest BCUT2D eigenvalue weighted by Crippen LogP contribution is -2.25. The van der Waals surface area contributed by atoms with E-state index in [1.165, 1.54) is 6.20 Å². The zero-order valence-electron chi connectivity index (χ0n) is 13.7. The van der Waals surface area contributed by atoms with Crippen molar-refractivity contribution in [3.63, 3.8) is 0 Å². The van der Waals surface area contributed by atoms with Crippen LogP contribution in [0.2, 0.25) is 5.02 Å². The summed E-state index contributed by atoms with van der Waals surface area (Å²) in [4.78, 5) is 12.4. The van der Waals surface area contributed by atoms with Crippen molar-refractivity contribution in [1.82, 2.24) is 10.5 Å². The molecule has 1 aromatic heterocycles. The first-order chi connectivity index (χ1) is 12.2. The number of aromatic nitrogens is 1. The number of nitrogens with one attached hydrogen (secondary N) is 1. The molecule has 0 bridgehead atoms. The quantitative estimate of drug-likeness (QED) is 0.725. The maximum Gasteiger partial charge on any atom is 0.256 e. The Morgan fingerprint density at radius 1 is 1.16 bits per heavy atom. The average molecular weight is 357 g/mol. The fourth-order valence-corrected chi connectivity index (χ4v) is 2.54. The number of halogens is 1. The predicted molar refractivity (Wildman–Crippen MR) is 96.0 cm³/mol. The first-order valence-corrected chi connectivity index (χ1v) is 8.17. The molecule has 0 saturated heterocycles. The molecule has 0 fully saturated rings. The molecular weight excluding hydrogens is 340 g/mol. The fourth-order valence-electron chi connectivity index (χ4n) is 2.42. The van der Waals surface area contributed by atoms with Crippen LogP contribution in [-0.2, 0) is 6.42 Å². The van der Waals surface area contributed by atoms with Gasteiger partial charge in [-0.05, 0) is 48.4 Å². The second kappa shape index (κ2) is 7.85. The van der Waals surface area contributed by atoms with Crippen molar-refractivity contribution in [2.75, 3.05) is 13.7 Å². The SMILES string of the molecule is COc1ccc(-c2oncc2C(=O)NCCc2ccc(Cl)cc2)cc1. The van der Waals surface area contributed by atoms with Gasteiger partial charge >= 0.3 is 0 Å². The Kier molecular flexibility index (Phi) is 5.36. The number of amides is 1. The van der Waals surface area contributed by atoms with Crippen LogP contribution in [0, 0.1) is 0 Å². The lowest BCUT2D eigenvalue weighted by molar-refractivity contribution is 0.0954. The topological polar surface area (TPSA) is 64.4 Å². The van der Waals surface area contributed by atoms with E-state index in [0.29, 0.717) is 29.3 Å². The highest BCUT2D eigenvalue weighted by molar-refractivity contribution is 6.30. The Hall–Kier alpha value is -2.79. The molecule has 25 heavy (non-hydrogen) atoms. The van der Waals surface area contributed by atoms with Gasteiger partial charge in [0.15, 0.2) is 5.76 Å². The van der Waals surface area contributed by atoms with Crippen molar-refractivity contribution in [1.29, 1.82) is 0 Å². The van der Waals surface area contributed by atoms with E-state index in [4.69, 9.17) is 20.9 Å². The summed E-state index contributed by atoms with van der Waals surface area (Å²) in [6.07, 6.45) is 2.14. The summed E-state index contributed by atoms with van der Waals surface area (Å²) >= 11 is 5.86. The highest BCUT2D eigenvalue weighted by atomic mass is 35.5. The molecular formula is C19H17ClN2O3. The molecule has 6 heteroatoms. The van der Waals surface area contributed by atoms with E-state index < -0.39 is 0 Å². The molecule has 3 aromatic rings. The Labute approximate surface area is 150 Å². The van der Waals surface area contributed by atoms with E-state index >= 15 is 0 Å². The van der Waals surface area contributed by atoms with Crippen molar-refractivity contribution < 1.29 is 14.1 Å². The van der Waals surface area contributed by atoms with Crippen molar-refractivity contribution in [3.05, 3.63) is 70.9 Å². The molecule has 5 nitrogen and oxygen atoms in total. The first kappa shape index (κ1) is 17.0. The van der Waals surface area contributed by atoms with E-state index in [2.05, 4.69) is 10.5 Å². The van der Waals surface area contributed by atoms with Crippen molar-refractivity contribution >= 4 is 17.5 Å². The standard InChI is InChI=1S/C19H17ClN2O3/c1-24-16-8-4-14(5-9-16)18-17(12-22-25-18)19(23)21-11-10-13-2-6-15(20)7-3-13/h2-9,12H,10-11H2,1H3,(H,21,23). The number of methoxy groups -OCH3 is 1. The zero-order chi connectivity index (χ0) is 17.6. The molecule has 0 saturated carbocycles. The molecule has 0 aliphatic rings. The molecule has 0 aliphatic heterocycles. The largest absolute Gasteiger partial charge is 0.497 e. The van der Waals surface area contributed by atoms with Crippen LogP contribution < -0.4 is 10.1 Å². The van der Waals surface area contributed by atoms with Crippen LogP contribution in [0.25, 0.3) is 11.3 Å². The van der Waals surface area contributed by atoms with Gasteiger partial charge in [-0.15, -0.1) is 0 Å². The molecule has 0 atom stereocenters. The lowest BCUT2D eigenvalue weighted by Gasteiger charge is -2.06. The van der Waals surface area contributed by atoms with Gasteiger partial charge in [0.25, 0.3) is 5.91 Å². The number of hydrogen-bond acceptors (Lipinski definition) is 4. The molecule has 0 unspecified atom stereocenters. The van der Waals surface area contributed by atoms with Gasteiger partial charge in [-0.2, -0.15) is 0 Å². The maximum atomic E-state index is 12.4. The smallest absolute Gasteiger partial charge is 0.256 e. The fraction of sp³-hybridized carbons (Fsp3) is 0.158. The maximum absolute atomic E-state index is 12.4. The zero-order valence-corrected chi connectivity index (χ0v) is 14.4. The number of ether oxygens (including phenoxy) is 1. The van der Waals surface area contributed by atoms with Crippen LogP contribution in [0.5, 0.6) is 5.75 Å². The first-order valence-electron chi connectivity index (χ1n) is 7.79. The molecule has 0 spiro atoms.